The summed E-state index contributed by atoms with van der Waals surface area (Å²) in [6.07, 6.45) is 3.67. The van der Waals surface area contributed by atoms with Crippen molar-refractivity contribution in [2.45, 2.75) is 44.0 Å². The number of rotatable bonds is 4. The quantitative estimate of drug-likeness (QED) is 0.705. The van der Waals surface area contributed by atoms with Gasteiger partial charge in [-0.25, -0.2) is 0 Å². The molecule has 1 aliphatic rings. The molecular formula is C14H18BrClO. The Morgan fingerprint density at radius 2 is 2.12 bits per heavy atom. The SMILES string of the molecule is CCC1(CC)C(Br)CC1Oc1cccc(Cl)c1. The van der Waals surface area contributed by atoms with Gasteiger partial charge in [0.2, 0.25) is 0 Å². The van der Waals surface area contributed by atoms with Crippen LogP contribution in [0.15, 0.2) is 24.3 Å². The monoisotopic (exact) mass is 316 g/mol. The van der Waals surface area contributed by atoms with Gasteiger partial charge < -0.3 is 4.74 Å². The van der Waals surface area contributed by atoms with E-state index in [2.05, 4.69) is 29.8 Å². The first-order chi connectivity index (χ1) is 8.12. The lowest BCUT2D eigenvalue weighted by Gasteiger charge is -2.52. The van der Waals surface area contributed by atoms with Crippen molar-refractivity contribution in [1.82, 2.24) is 0 Å². The summed E-state index contributed by atoms with van der Waals surface area (Å²) in [5, 5.41) is 0.732. The van der Waals surface area contributed by atoms with E-state index in [0.717, 1.165) is 30.0 Å². The molecule has 94 valence electrons. The number of hydrogen-bond donors (Lipinski definition) is 0. The lowest BCUT2D eigenvalue weighted by Crippen LogP contribution is -2.56. The van der Waals surface area contributed by atoms with Crippen molar-refractivity contribution in [2.24, 2.45) is 5.41 Å². The molecule has 0 N–H and O–H groups in total. The predicted molar refractivity (Wildman–Crippen MR) is 76.2 cm³/mol. The first-order valence-corrected chi connectivity index (χ1v) is 7.48. The zero-order valence-corrected chi connectivity index (χ0v) is 12.6. The number of benzene rings is 1. The molecule has 1 saturated carbocycles. The van der Waals surface area contributed by atoms with E-state index in [1.165, 1.54) is 0 Å². The number of hydrogen-bond acceptors (Lipinski definition) is 1. The Balaban J connectivity index is 2.10. The summed E-state index contributed by atoms with van der Waals surface area (Å²) in [5.41, 5.74) is 0.280. The Morgan fingerprint density at radius 1 is 1.41 bits per heavy atom. The molecule has 1 aromatic carbocycles. The topological polar surface area (TPSA) is 9.23 Å². The van der Waals surface area contributed by atoms with Gasteiger partial charge in [-0.15, -0.1) is 0 Å². The van der Waals surface area contributed by atoms with Crippen molar-refractivity contribution in [3.05, 3.63) is 29.3 Å². The van der Waals surface area contributed by atoms with E-state index in [9.17, 15) is 0 Å². The van der Waals surface area contributed by atoms with Crippen molar-refractivity contribution in [2.75, 3.05) is 0 Å². The second kappa shape index (κ2) is 5.19. The molecule has 2 rings (SSSR count). The molecule has 1 nitrogen and oxygen atoms in total. The summed E-state index contributed by atoms with van der Waals surface area (Å²) >= 11 is 9.73. The Morgan fingerprint density at radius 3 is 2.65 bits per heavy atom. The molecule has 2 atom stereocenters. The highest BCUT2D eigenvalue weighted by atomic mass is 79.9. The third-order valence-corrected chi connectivity index (χ3v) is 5.60. The summed E-state index contributed by atoms with van der Waals surface area (Å²) in [7, 11) is 0. The molecule has 2 unspecified atom stereocenters. The lowest BCUT2D eigenvalue weighted by molar-refractivity contribution is -0.0410. The fourth-order valence-electron chi connectivity index (χ4n) is 2.72. The fraction of sp³-hybridized carbons (Fsp3) is 0.571. The van der Waals surface area contributed by atoms with Gasteiger partial charge in [0.25, 0.3) is 0 Å². The number of alkyl halides is 1. The molecule has 1 aromatic rings. The van der Waals surface area contributed by atoms with Crippen molar-refractivity contribution in [3.63, 3.8) is 0 Å². The van der Waals surface area contributed by atoms with E-state index in [4.69, 9.17) is 16.3 Å². The molecule has 17 heavy (non-hydrogen) atoms. The van der Waals surface area contributed by atoms with Gasteiger partial charge in [0, 0.05) is 15.3 Å². The van der Waals surface area contributed by atoms with Crippen molar-refractivity contribution < 1.29 is 4.74 Å². The fourth-order valence-corrected chi connectivity index (χ4v) is 4.18. The van der Waals surface area contributed by atoms with E-state index in [-0.39, 0.29) is 5.41 Å². The standard InChI is InChI=1S/C14H18BrClO/c1-3-14(4-2)12(15)9-13(14)17-11-7-5-6-10(16)8-11/h5-8,12-13H,3-4,9H2,1-2H3. The molecule has 1 fully saturated rings. The Bertz CT molecular complexity index is 390. The maximum atomic E-state index is 6.08. The van der Waals surface area contributed by atoms with Crippen LogP contribution in [0.3, 0.4) is 0 Å². The average Bonchev–Trinajstić information content (AvgIpc) is 2.30. The summed E-state index contributed by atoms with van der Waals surface area (Å²) in [5.74, 6) is 0.883. The molecule has 0 aromatic heterocycles. The Labute approximate surface area is 117 Å². The van der Waals surface area contributed by atoms with Crippen LogP contribution in [0.25, 0.3) is 0 Å². The van der Waals surface area contributed by atoms with Gasteiger partial charge in [0.05, 0.1) is 0 Å². The van der Waals surface area contributed by atoms with E-state index in [1.807, 2.05) is 24.3 Å². The van der Waals surface area contributed by atoms with E-state index >= 15 is 0 Å². The van der Waals surface area contributed by atoms with Crippen LogP contribution >= 0.6 is 27.5 Å². The molecule has 0 spiro atoms. The highest BCUT2D eigenvalue weighted by Crippen LogP contribution is 2.52. The normalized spacial score (nSPS) is 26.4. The van der Waals surface area contributed by atoms with Gasteiger partial charge in [0.15, 0.2) is 0 Å². The van der Waals surface area contributed by atoms with Crippen LogP contribution in [0.4, 0.5) is 0 Å². The molecule has 0 radical (unpaired) electrons. The molecular weight excluding hydrogens is 300 g/mol. The molecule has 1 aliphatic carbocycles. The minimum atomic E-state index is 0.280. The van der Waals surface area contributed by atoms with E-state index in [0.29, 0.717) is 10.9 Å². The first kappa shape index (κ1) is 13.2. The van der Waals surface area contributed by atoms with Crippen LogP contribution in [-0.4, -0.2) is 10.9 Å². The van der Waals surface area contributed by atoms with Gasteiger partial charge in [-0.05, 0) is 37.5 Å². The summed E-state index contributed by atoms with van der Waals surface area (Å²) < 4.78 is 6.08. The smallest absolute Gasteiger partial charge is 0.121 e. The lowest BCUT2D eigenvalue weighted by atomic mass is 9.62. The van der Waals surface area contributed by atoms with Gasteiger partial charge in [-0.3, -0.25) is 0 Å². The first-order valence-electron chi connectivity index (χ1n) is 6.18. The Hall–Kier alpha value is -0.210. The predicted octanol–water partition coefficient (Wildman–Crippen LogP) is 5.06. The summed E-state index contributed by atoms with van der Waals surface area (Å²) in [4.78, 5) is 0.578. The molecule has 3 heteroatoms. The second-order valence-corrected chi connectivity index (χ2v) is 6.25. The summed E-state index contributed by atoms with van der Waals surface area (Å²) in [6.45, 7) is 4.48. The molecule has 0 heterocycles. The van der Waals surface area contributed by atoms with Gasteiger partial charge in [-0.1, -0.05) is 47.4 Å². The maximum absolute atomic E-state index is 6.08. The highest BCUT2D eigenvalue weighted by molar-refractivity contribution is 9.09. The van der Waals surface area contributed by atoms with Crippen molar-refractivity contribution in [3.8, 4) is 5.75 Å². The third kappa shape index (κ3) is 2.34. The van der Waals surface area contributed by atoms with Crippen molar-refractivity contribution >= 4 is 27.5 Å². The van der Waals surface area contributed by atoms with Crippen LogP contribution < -0.4 is 4.74 Å². The van der Waals surface area contributed by atoms with Crippen LogP contribution in [0.1, 0.15) is 33.1 Å². The second-order valence-electron chi connectivity index (χ2n) is 4.71. The highest BCUT2D eigenvalue weighted by Gasteiger charge is 2.53. The molecule has 0 bridgehead atoms. The summed E-state index contributed by atoms with van der Waals surface area (Å²) in [6, 6.07) is 7.67. The van der Waals surface area contributed by atoms with E-state index in [1.54, 1.807) is 0 Å². The average molecular weight is 318 g/mol. The zero-order valence-electron chi connectivity index (χ0n) is 10.2. The Kier molecular flexibility index (Phi) is 4.04. The van der Waals surface area contributed by atoms with Gasteiger partial charge in [0.1, 0.15) is 11.9 Å². The van der Waals surface area contributed by atoms with Crippen LogP contribution in [0, 0.1) is 5.41 Å². The van der Waals surface area contributed by atoms with Crippen LogP contribution in [-0.2, 0) is 0 Å². The van der Waals surface area contributed by atoms with Gasteiger partial charge in [-0.2, -0.15) is 0 Å². The molecule has 0 saturated heterocycles. The van der Waals surface area contributed by atoms with Gasteiger partial charge >= 0.3 is 0 Å². The van der Waals surface area contributed by atoms with Crippen molar-refractivity contribution in [1.29, 1.82) is 0 Å². The number of ether oxygens (including phenoxy) is 1. The molecule has 0 aliphatic heterocycles. The maximum Gasteiger partial charge on any atom is 0.121 e. The zero-order chi connectivity index (χ0) is 12.5. The minimum absolute atomic E-state index is 0.280. The van der Waals surface area contributed by atoms with E-state index < -0.39 is 0 Å². The largest absolute Gasteiger partial charge is 0.490 e. The van der Waals surface area contributed by atoms with Crippen LogP contribution in [0.5, 0.6) is 5.75 Å². The number of halogens is 2. The minimum Gasteiger partial charge on any atom is -0.490 e. The molecule has 0 amide bonds. The van der Waals surface area contributed by atoms with Crippen LogP contribution in [0.2, 0.25) is 5.02 Å². The third-order valence-electron chi connectivity index (χ3n) is 4.08.